The third kappa shape index (κ3) is 3.34. The summed E-state index contributed by atoms with van der Waals surface area (Å²) in [6.07, 6.45) is 0. The fourth-order valence-electron chi connectivity index (χ4n) is 2.51. The van der Waals surface area contributed by atoms with Crippen LogP contribution in [-0.2, 0) is 6.54 Å². The molecule has 0 amide bonds. The van der Waals surface area contributed by atoms with E-state index >= 15 is 0 Å². The second kappa shape index (κ2) is 6.49. The van der Waals surface area contributed by atoms with Gasteiger partial charge in [-0.05, 0) is 61.4 Å². The summed E-state index contributed by atoms with van der Waals surface area (Å²) >= 11 is 6.19. The van der Waals surface area contributed by atoms with Gasteiger partial charge in [0, 0.05) is 34.3 Å². The number of Topliss-reactive ketones (excluding diaryl/α,β-unsaturated/α-hetero) is 1. The first-order chi connectivity index (χ1) is 11.4. The lowest BCUT2D eigenvalue weighted by atomic mass is 10.1. The number of carbonyl (C=O) groups is 1. The van der Waals surface area contributed by atoms with Crippen molar-refractivity contribution in [1.29, 1.82) is 0 Å². The maximum absolute atomic E-state index is 11.8. The van der Waals surface area contributed by atoms with Crippen molar-refractivity contribution in [2.24, 2.45) is 0 Å². The van der Waals surface area contributed by atoms with Gasteiger partial charge in [-0.3, -0.25) is 4.79 Å². The highest BCUT2D eigenvalue weighted by Gasteiger charge is 2.08. The van der Waals surface area contributed by atoms with Crippen LogP contribution in [0.1, 0.15) is 28.4 Å². The molecule has 0 radical (unpaired) electrons. The number of rotatable bonds is 4. The van der Waals surface area contributed by atoms with Crippen LogP contribution in [0.2, 0.25) is 5.02 Å². The second-order valence-electron chi connectivity index (χ2n) is 5.68. The summed E-state index contributed by atoms with van der Waals surface area (Å²) in [5, 5.41) is 4.68. The van der Waals surface area contributed by atoms with E-state index in [9.17, 15) is 9.59 Å². The molecule has 0 unspecified atom stereocenters. The number of benzene rings is 2. The molecular formula is C19H16ClNO3. The lowest BCUT2D eigenvalue weighted by molar-refractivity contribution is 0.101. The van der Waals surface area contributed by atoms with Gasteiger partial charge >= 0.3 is 5.63 Å². The van der Waals surface area contributed by atoms with Gasteiger partial charge in [0.15, 0.2) is 5.78 Å². The molecule has 4 nitrogen and oxygen atoms in total. The molecule has 1 aromatic heterocycles. The zero-order chi connectivity index (χ0) is 17.3. The van der Waals surface area contributed by atoms with E-state index in [2.05, 4.69) is 5.32 Å². The summed E-state index contributed by atoms with van der Waals surface area (Å²) < 4.78 is 5.25. The van der Waals surface area contributed by atoms with Crippen molar-refractivity contribution in [2.75, 3.05) is 5.32 Å². The van der Waals surface area contributed by atoms with Crippen LogP contribution in [0.3, 0.4) is 0 Å². The Morgan fingerprint density at radius 1 is 1.17 bits per heavy atom. The first-order valence-electron chi connectivity index (χ1n) is 7.52. The predicted octanol–water partition coefficient (Wildman–Crippen LogP) is 4.57. The van der Waals surface area contributed by atoms with Crippen LogP contribution in [0.4, 0.5) is 5.69 Å². The zero-order valence-corrected chi connectivity index (χ0v) is 14.1. The molecule has 3 aromatic rings. The first-order valence-corrected chi connectivity index (χ1v) is 7.89. The van der Waals surface area contributed by atoms with Crippen LogP contribution in [0.15, 0.2) is 51.7 Å². The highest BCUT2D eigenvalue weighted by molar-refractivity contribution is 6.32. The quantitative estimate of drug-likeness (QED) is 0.558. The van der Waals surface area contributed by atoms with Crippen LogP contribution in [-0.4, -0.2) is 5.78 Å². The van der Waals surface area contributed by atoms with E-state index in [4.69, 9.17) is 16.0 Å². The molecule has 24 heavy (non-hydrogen) atoms. The molecule has 0 aliphatic rings. The van der Waals surface area contributed by atoms with Crippen LogP contribution >= 0.6 is 11.6 Å². The third-order valence-corrected chi connectivity index (χ3v) is 4.29. The van der Waals surface area contributed by atoms with Crippen LogP contribution < -0.4 is 10.9 Å². The Balaban J connectivity index is 1.90. The van der Waals surface area contributed by atoms with Gasteiger partial charge in [0.2, 0.25) is 0 Å². The number of ketones is 1. The van der Waals surface area contributed by atoms with Gasteiger partial charge in [0.25, 0.3) is 0 Å². The minimum absolute atomic E-state index is 0.0261. The third-order valence-electron chi connectivity index (χ3n) is 3.88. The summed E-state index contributed by atoms with van der Waals surface area (Å²) in [5.41, 5.74) is 3.31. The number of fused-ring (bicyclic) bond motifs is 1. The Morgan fingerprint density at radius 3 is 2.54 bits per heavy atom. The van der Waals surface area contributed by atoms with Crippen LogP contribution in [0.5, 0.6) is 0 Å². The summed E-state index contributed by atoms with van der Waals surface area (Å²) in [5.74, 6) is 0.0261. The van der Waals surface area contributed by atoms with E-state index in [1.54, 1.807) is 18.2 Å². The lowest BCUT2D eigenvalue weighted by Crippen LogP contribution is -2.06. The Labute approximate surface area is 144 Å². The van der Waals surface area contributed by atoms with Crippen LogP contribution in [0, 0.1) is 6.92 Å². The smallest absolute Gasteiger partial charge is 0.336 e. The molecule has 3 rings (SSSR count). The number of carbonyl (C=O) groups excluding carboxylic acids is 1. The van der Waals surface area contributed by atoms with Crippen molar-refractivity contribution in [1.82, 2.24) is 0 Å². The average molecular weight is 342 g/mol. The molecule has 2 aromatic carbocycles. The van der Waals surface area contributed by atoms with Gasteiger partial charge in [-0.15, -0.1) is 0 Å². The normalized spacial score (nSPS) is 10.8. The molecular weight excluding hydrogens is 326 g/mol. The molecule has 0 saturated heterocycles. The fourth-order valence-corrected chi connectivity index (χ4v) is 2.68. The minimum atomic E-state index is -0.395. The molecule has 0 aliphatic carbocycles. The van der Waals surface area contributed by atoms with Gasteiger partial charge in [0.1, 0.15) is 5.58 Å². The van der Waals surface area contributed by atoms with Gasteiger partial charge in [-0.2, -0.15) is 0 Å². The fraction of sp³-hybridized carbons (Fsp3) is 0.158. The number of halogens is 1. The van der Waals surface area contributed by atoms with Crippen LogP contribution in [0.25, 0.3) is 11.0 Å². The van der Waals surface area contributed by atoms with E-state index in [-0.39, 0.29) is 5.78 Å². The maximum Gasteiger partial charge on any atom is 0.336 e. The van der Waals surface area contributed by atoms with Gasteiger partial charge in [0.05, 0.1) is 0 Å². The summed E-state index contributed by atoms with van der Waals surface area (Å²) in [6.45, 7) is 3.84. The van der Waals surface area contributed by atoms with Crippen molar-refractivity contribution in [3.63, 3.8) is 0 Å². The average Bonchev–Trinajstić information content (AvgIpc) is 2.54. The molecule has 5 heteroatoms. The molecule has 0 spiro atoms. The van der Waals surface area contributed by atoms with Gasteiger partial charge in [-0.25, -0.2) is 4.79 Å². The Hall–Kier alpha value is -2.59. The number of nitrogens with one attached hydrogen (secondary N) is 1. The standard InChI is InChI=1S/C19H16ClNO3/c1-11-7-18-16(9-17(11)20)14(8-19(23)24-18)10-21-15-5-3-13(4-6-15)12(2)22/h3-9,21H,10H2,1-2H3. The number of aryl methyl sites for hydroxylation is 1. The van der Waals surface area contributed by atoms with Crippen molar-refractivity contribution < 1.29 is 9.21 Å². The van der Waals surface area contributed by atoms with E-state index in [1.165, 1.54) is 13.0 Å². The Morgan fingerprint density at radius 2 is 1.88 bits per heavy atom. The second-order valence-corrected chi connectivity index (χ2v) is 6.08. The predicted molar refractivity (Wildman–Crippen MR) is 96.0 cm³/mol. The van der Waals surface area contributed by atoms with E-state index in [0.717, 1.165) is 22.2 Å². The number of anilines is 1. The number of hydrogen-bond donors (Lipinski definition) is 1. The minimum Gasteiger partial charge on any atom is -0.423 e. The SMILES string of the molecule is CC(=O)c1ccc(NCc2cc(=O)oc3cc(C)c(Cl)cc23)cc1. The Kier molecular flexibility index (Phi) is 4.40. The first kappa shape index (κ1) is 16.3. The molecule has 0 saturated carbocycles. The zero-order valence-electron chi connectivity index (χ0n) is 13.4. The summed E-state index contributed by atoms with van der Waals surface area (Å²) in [6, 6.07) is 12.2. The number of hydrogen-bond acceptors (Lipinski definition) is 4. The van der Waals surface area contributed by atoms with Crippen molar-refractivity contribution >= 4 is 34.0 Å². The molecule has 1 heterocycles. The maximum atomic E-state index is 11.8. The molecule has 0 fully saturated rings. The van der Waals surface area contributed by atoms with Gasteiger partial charge < -0.3 is 9.73 Å². The topological polar surface area (TPSA) is 59.3 Å². The van der Waals surface area contributed by atoms with Gasteiger partial charge in [-0.1, -0.05) is 11.6 Å². The van der Waals surface area contributed by atoms with E-state index < -0.39 is 5.63 Å². The van der Waals surface area contributed by atoms with Crippen molar-refractivity contribution in [2.45, 2.75) is 20.4 Å². The van der Waals surface area contributed by atoms with Crippen molar-refractivity contribution in [3.8, 4) is 0 Å². The van der Waals surface area contributed by atoms with E-state index in [1.807, 2.05) is 25.1 Å². The molecule has 0 bridgehead atoms. The lowest BCUT2D eigenvalue weighted by Gasteiger charge is -2.10. The summed E-state index contributed by atoms with van der Waals surface area (Å²) in [7, 11) is 0. The largest absolute Gasteiger partial charge is 0.423 e. The molecule has 122 valence electrons. The molecule has 0 atom stereocenters. The molecule has 1 N–H and O–H groups in total. The highest BCUT2D eigenvalue weighted by atomic mass is 35.5. The summed E-state index contributed by atoms with van der Waals surface area (Å²) in [4.78, 5) is 23.1. The Bertz CT molecular complexity index is 974. The van der Waals surface area contributed by atoms with Crippen molar-refractivity contribution in [3.05, 3.63) is 74.6 Å². The van der Waals surface area contributed by atoms with E-state index in [0.29, 0.717) is 22.7 Å². The molecule has 0 aliphatic heterocycles. The monoisotopic (exact) mass is 341 g/mol. The highest BCUT2D eigenvalue weighted by Crippen LogP contribution is 2.25.